The van der Waals surface area contributed by atoms with Crippen LogP contribution in [0.3, 0.4) is 0 Å². The van der Waals surface area contributed by atoms with Crippen LogP contribution in [0, 0.1) is 5.82 Å². The lowest BCUT2D eigenvalue weighted by molar-refractivity contribution is -0.0935. The molecular formula is C26H28F4N6O. The first-order valence-electron chi connectivity index (χ1n) is 12.3. The third kappa shape index (κ3) is 4.51. The van der Waals surface area contributed by atoms with Crippen LogP contribution in [-0.2, 0) is 6.54 Å². The number of rotatable bonds is 6. The summed E-state index contributed by atoms with van der Waals surface area (Å²) in [6.07, 6.45) is 0.874. The van der Waals surface area contributed by atoms with Crippen LogP contribution < -0.4 is 10.2 Å². The molecule has 1 aromatic heterocycles. The first-order valence-corrected chi connectivity index (χ1v) is 12.3. The van der Waals surface area contributed by atoms with Gasteiger partial charge in [-0.15, -0.1) is 0 Å². The molecule has 1 N–H and O–H groups in total. The number of hydrogen-bond acceptors (Lipinski definition) is 5. The minimum Gasteiger partial charge on any atom is -0.340 e. The Kier molecular flexibility index (Phi) is 6.33. The van der Waals surface area contributed by atoms with E-state index in [-0.39, 0.29) is 31.0 Å². The number of allylic oxidation sites excluding steroid dienone is 4. The van der Waals surface area contributed by atoms with Crippen molar-refractivity contribution in [2.75, 3.05) is 17.3 Å². The molecule has 1 aromatic carbocycles. The Morgan fingerprint density at radius 1 is 1.19 bits per heavy atom. The molecule has 2 atom stereocenters. The number of fused-ring (bicyclic) bond motifs is 5. The van der Waals surface area contributed by atoms with Crippen LogP contribution in [0.15, 0.2) is 52.6 Å². The molecule has 2 unspecified atom stereocenters. The molecule has 0 spiro atoms. The maximum Gasteiger partial charge on any atom is 0.412 e. The monoisotopic (exact) mass is 516 g/mol. The normalized spacial score (nSPS) is 21.7. The van der Waals surface area contributed by atoms with E-state index in [4.69, 9.17) is 10.1 Å². The number of carbonyl (C=O) groups excluding carboxylic acids is 1. The predicted octanol–water partition coefficient (Wildman–Crippen LogP) is 5.79. The van der Waals surface area contributed by atoms with Crippen LogP contribution >= 0.6 is 0 Å². The van der Waals surface area contributed by atoms with Crippen LogP contribution in [0.5, 0.6) is 0 Å². The van der Waals surface area contributed by atoms with Gasteiger partial charge in [-0.05, 0) is 56.9 Å². The third-order valence-corrected chi connectivity index (χ3v) is 7.07. The lowest BCUT2D eigenvalue weighted by atomic mass is 10.1. The number of aromatic nitrogens is 2. The number of hydrogen-bond donors (Lipinski definition) is 1. The van der Waals surface area contributed by atoms with Gasteiger partial charge in [-0.3, -0.25) is 14.6 Å². The second kappa shape index (κ2) is 9.35. The first-order chi connectivity index (χ1) is 17.6. The summed E-state index contributed by atoms with van der Waals surface area (Å²) >= 11 is 0. The second-order valence-corrected chi connectivity index (χ2v) is 9.62. The lowest BCUT2D eigenvalue weighted by Gasteiger charge is -2.34. The van der Waals surface area contributed by atoms with E-state index in [2.05, 4.69) is 5.32 Å². The van der Waals surface area contributed by atoms with Gasteiger partial charge in [-0.25, -0.2) is 14.1 Å². The summed E-state index contributed by atoms with van der Waals surface area (Å²) < 4.78 is 54.7. The van der Waals surface area contributed by atoms with Gasteiger partial charge in [0.2, 0.25) is 5.96 Å². The second-order valence-electron chi connectivity index (χ2n) is 9.62. The Balaban J connectivity index is 1.58. The minimum atomic E-state index is -4.40. The van der Waals surface area contributed by atoms with Gasteiger partial charge in [0.1, 0.15) is 17.2 Å². The number of nitrogens with zero attached hydrogens (tertiary/aromatic N) is 5. The molecule has 1 fully saturated rings. The number of alkyl halides is 3. The largest absolute Gasteiger partial charge is 0.412 e. The molecule has 0 saturated heterocycles. The van der Waals surface area contributed by atoms with E-state index in [0.717, 1.165) is 25.3 Å². The highest BCUT2D eigenvalue weighted by molar-refractivity contribution is 6.21. The number of halogens is 4. The van der Waals surface area contributed by atoms with Crippen molar-refractivity contribution < 1.29 is 22.4 Å². The van der Waals surface area contributed by atoms with Gasteiger partial charge >= 0.3 is 6.18 Å². The summed E-state index contributed by atoms with van der Waals surface area (Å²) in [7, 11) is 1.68. The Bertz CT molecular complexity index is 1310. The quantitative estimate of drug-likeness (QED) is 0.390. The van der Waals surface area contributed by atoms with Gasteiger partial charge in [0.15, 0.2) is 5.82 Å². The van der Waals surface area contributed by atoms with E-state index >= 15 is 0 Å². The number of aliphatic imine (C=N–C) groups is 1. The average molecular weight is 517 g/mol. The van der Waals surface area contributed by atoms with E-state index in [1.54, 1.807) is 30.8 Å². The highest BCUT2D eigenvalue weighted by atomic mass is 19.4. The topological polar surface area (TPSA) is 65.8 Å². The molecule has 0 bridgehead atoms. The van der Waals surface area contributed by atoms with E-state index in [1.165, 1.54) is 30.0 Å². The molecule has 196 valence electrons. The maximum absolute atomic E-state index is 13.5. The highest BCUT2D eigenvalue weighted by Gasteiger charge is 2.49. The zero-order valence-corrected chi connectivity index (χ0v) is 20.8. The molecule has 37 heavy (non-hydrogen) atoms. The Hall–Kier alpha value is -3.63. The van der Waals surface area contributed by atoms with Crippen LogP contribution in [0.4, 0.5) is 34.9 Å². The smallest absolute Gasteiger partial charge is 0.340 e. The van der Waals surface area contributed by atoms with Crippen LogP contribution in [0.1, 0.15) is 49.9 Å². The standard InChI is InChI=1S/C26H28F4N6O/c1-4-16(26(28,29)30)9-8-15(2)14-35-22(31-18-12-10-17(27)11-13-18)21-23(33-35)36-20-7-5-6-19(20)32-25(36)34(3)24(21)37/h8-13,19-20,31H,4-7,14H2,1-3H3. The molecule has 5 rings (SSSR count). The van der Waals surface area contributed by atoms with Gasteiger partial charge in [-0.2, -0.15) is 18.3 Å². The van der Waals surface area contributed by atoms with Gasteiger partial charge in [0.25, 0.3) is 5.91 Å². The van der Waals surface area contributed by atoms with E-state index in [1.807, 2.05) is 4.90 Å². The van der Waals surface area contributed by atoms with Crippen molar-refractivity contribution >= 4 is 29.2 Å². The summed E-state index contributed by atoms with van der Waals surface area (Å²) in [5.41, 5.74) is 0.892. The summed E-state index contributed by atoms with van der Waals surface area (Å²) in [6, 6.07) is 5.90. The summed E-state index contributed by atoms with van der Waals surface area (Å²) in [4.78, 5) is 21.8. The zero-order valence-electron chi connectivity index (χ0n) is 20.8. The molecule has 1 aliphatic carbocycles. The van der Waals surface area contributed by atoms with Crippen molar-refractivity contribution in [2.45, 2.75) is 64.3 Å². The number of guanidine groups is 1. The van der Waals surface area contributed by atoms with Gasteiger partial charge in [0, 0.05) is 18.3 Å². The highest BCUT2D eigenvalue weighted by Crippen LogP contribution is 2.43. The Labute approximate surface area is 212 Å². The number of benzene rings is 1. The Morgan fingerprint density at radius 2 is 1.92 bits per heavy atom. The summed E-state index contributed by atoms with van der Waals surface area (Å²) in [5.74, 6) is 0.755. The maximum atomic E-state index is 13.5. The van der Waals surface area contributed by atoms with Gasteiger partial charge in [-0.1, -0.05) is 24.6 Å². The number of anilines is 3. The van der Waals surface area contributed by atoms with Crippen LogP contribution in [0.2, 0.25) is 0 Å². The zero-order chi connectivity index (χ0) is 26.5. The van der Waals surface area contributed by atoms with Crippen molar-refractivity contribution in [3.63, 3.8) is 0 Å². The van der Waals surface area contributed by atoms with Crippen LogP contribution in [-0.4, -0.2) is 51.9 Å². The van der Waals surface area contributed by atoms with E-state index in [9.17, 15) is 22.4 Å². The number of amides is 1. The molecule has 7 nitrogen and oxygen atoms in total. The van der Waals surface area contributed by atoms with Crippen molar-refractivity contribution in [1.82, 2.24) is 14.7 Å². The van der Waals surface area contributed by atoms with Crippen molar-refractivity contribution in [2.24, 2.45) is 4.99 Å². The average Bonchev–Trinajstić information content (AvgIpc) is 3.52. The minimum absolute atomic E-state index is 0.0939. The molecule has 11 heteroatoms. The van der Waals surface area contributed by atoms with Crippen molar-refractivity contribution in [3.05, 3.63) is 58.9 Å². The molecule has 1 amide bonds. The van der Waals surface area contributed by atoms with Crippen molar-refractivity contribution in [3.8, 4) is 0 Å². The molecule has 2 aliphatic heterocycles. The molecule has 2 aromatic rings. The fourth-order valence-electron chi connectivity index (χ4n) is 5.16. The van der Waals surface area contributed by atoms with E-state index < -0.39 is 17.6 Å². The number of nitrogens with one attached hydrogen (secondary N) is 1. The fraction of sp³-hybridized carbons (Fsp3) is 0.423. The molecular weight excluding hydrogens is 488 g/mol. The Morgan fingerprint density at radius 3 is 2.59 bits per heavy atom. The summed E-state index contributed by atoms with van der Waals surface area (Å²) in [5, 5.41) is 7.98. The number of carbonyl (C=O) groups is 1. The molecule has 3 heterocycles. The van der Waals surface area contributed by atoms with Gasteiger partial charge < -0.3 is 5.32 Å². The predicted molar refractivity (Wildman–Crippen MR) is 134 cm³/mol. The fourth-order valence-corrected chi connectivity index (χ4v) is 5.16. The van der Waals surface area contributed by atoms with E-state index in [0.29, 0.717) is 34.4 Å². The molecule has 0 radical (unpaired) electrons. The SMILES string of the molecule is CCC(=CC=C(C)Cn1nc2c(c1Nc1ccc(F)cc1)C(=O)N(C)C1=NC3CCCC3N12)C(F)(F)F. The third-order valence-electron chi connectivity index (χ3n) is 7.07. The molecule has 1 saturated carbocycles. The van der Waals surface area contributed by atoms with Crippen LogP contribution in [0.25, 0.3) is 0 Å². The lowest BCUT2D eigenvalue weighted by Crippen LogP contribution is -2.51. The summed E-state index contributed by atoms with van der Waals surface area (Å²) in [6.45, 7) is 3.32. The molecule has 3 aliphatic rings. The first kappa shape index (κ1) is 25.0. The van der Waals surface area contributed by atoms with Gasteiger partial charge in [0.05, 0.1) is 18.6 Å². The van der Waals surface area contributed by atoms with Crippen molar-refractivity contribution in [1.29, 1.82) is 0 Å².